The summed E-state index contributed by atoms with van der Waals surface area (Å²) in [4.78, 5) is 49.5. The van der Waals surface area contributed by atoms with Gasteiger partial charge in [0.05, 0.1) is 0 Å². The Hall–Kier alpha value is -2.90. The van der Waals surface area contributed by atoms with Crippen LogP contribution >= 0.6 is 0 Å². The van der Waals surface area contributed by atoms with Crippen molar-refractivity contribution in [1.29, 1.82) is 0 Å². The Morgan fingerprint density at radius 2 is 1.81 bits per heavy atom. The number of carboxylic acid groups (broad SMARTS) is 1. The van der Waals surface area contributed by atoms with Crippen LogP contribution < -0.4 is 10.6 Å². The lowest BCUT2D eigenvalue weighted by Crippen LogP contribution is -2.49. The first kappa shape index (κ1) is 17.9. The number of nitrogens with one attached hydrogen (secondary N) is 2. The molecule has 1 aromatic rings. The van der Waals surface area contributed by atoms with Gasteiger partial charge in [0, 0.05) is 0 Å². The zero-order valence-electron chi connectivity index (χ0n) is 14.2. The molecule has 1 atom stereocenters. The molecule has 0 aromatic heterocycles. The van der Waals surface area contributed by atoms with Crippen molar-refractivity contribution in [3.63, 3.8) is 0 Å². The highest BCUT2D eigenvalue weighted by atomic mass is 16.4. The molecule has 1 aromatic carbocycles. The third-order valence-electron chi connectivity index (χ3n) is 4.94. The molecule has 0 bridgehead atoms. The maximum absolute atomic E-state index is 12.7. The number of amides is 4. The summed E-state index contributed by atoms with van der Waals surface area (Å²) in [6.45, 7) is -0.497. The number of rotatable bonds is 5. The number of urea groups is 1. The Labute approximate surface area is 150 Å². The Morgan fingerprint density at radius 3 is 2.42 bits per heavy atom. The fraction of sp³-hybridized carbons (Fsp3) is 0.444. The van der Waals surface area contributed by atoms with Crippen molar-refractivity contribution in [1.82, 2.24) is 15.5 Å². The van der Waals surface area contributed by atoms with E-state index >= 15 is 0 Å². The summed E-state index contributed by atoms with van der Waals surface area (Å²) in [6.07, 6.45) is 3.85. The van der Waals surface area contributed by atoms with Gasteiger partial charge in [-0.25, -0.2) is 9.59 Å². The second-order valence-electron chi connectivity index (χ2n) is 6.71. The Bertz CT molecular complexity index is 728. The van der Waals surface area contributed by atoms with Crippen molar-refractivity contribution in [2.75, 3.05) is 6.54 Å². The Balaban J connectivity index is 1.68. The van der Waals surface area contributed by atoms with Gasteiger partial charge >= 0.3 is 12.0 Å². The molecule has 1 heterocycles. The molecule has 0 radical (unpaired) electrons. The number of hydrogen-bond acceptors (Lipinski definition) is 4. The second-order valence-corrected chi connectivity index (χ2v) is 6.71. The van der Waals surface area contributed by atoms with E-state index < -0.39 is 41.9 Å². The first-order valence-electron chi connectivity index (χ1n) is 8.64. The summed E-state index contributed by atoms with van der Waals surface area (Å²) < 4.78 is 0. The quantitative estimate of drug-likeness (QED) is 0.683. The van der Waals surface area contributed by atoms with E-state index in [4.69, 9.17) is 0 Å². The monoisotopic (exact) mass is 359 g/mol. The summed E-state index contributed by atoms with van der Waals surface area (Å²) >= 11 is 0. The first-order chi connectivity index (χ1) is 12.4. The number of hydrogen-bond donors (Lipinski definition) is 3. The standard InChI is InChI=1S/C18H21N3O5/c22-13(19-14(15(23)24)12-7-3-1-4-8-12)11-21-16(25)18(20-17(21)26)9-5-2-6-10-18/h1,3-4,7-8,14H,2,5-6,9-11H2,(H,19,22)(H,20,26)(H,23,24)/t14-/m1/s1. The number of nitrogens with zero attached hydrogens (tertiary/aromatic N) is 1. The normalized spacial score (nSPS) is 19.9. The number of carbonyl (C=O) groups excluding carboxylic acids is 3. The SMILES string of the molecule is O=C(CN1C(=O)NC2(CCCCC2)C1=O)N[C@@H](C(=O)O)c1ccccc1. The molecule has 3 N–H and O–H groups in total. The van der Waals surface area contributed by atoms with Gasteiger partial charge in [0.2, 0.25) is 5.91 Å². The van der Waals surface area contributed by atoms with Gasteiger partial charge in [-0.2, -0.15) is 0 Å². The first-order valence-corrected chi connectivity index (χ1v) is 8.64. The van der Waals surface area contributed by atoms with Crippen molar-refractivity contribution >= 4 is 23.8 Å². The maximum Gasteiger partial charge on any atom is 0.330 e. The molecule has 138 valence electrons. The summed E-state index contributed by atoms with van der Waals surface area (Å²) in [6, 6.07) is 6.41. The molecule has 2 fully saturated rings. The Kier molecular flexibility index (Phi) is 4.92. The molecule has 26 heavy (non-hydrogen) atoms. The van der Waals surface area contributed by atoms with E-state index in [-0.39, 0.29) is 0 Å². The molecule has 1 saturated carbocycles. The van der Waals surface area contributed by atoms with Crippen LogP contribution in [0.15, 0.2) is 30.3 Å². The molecule has 0 unspecified atom stereocenters. The highest BCUT2D eigenvalue weighted by Crippen LogP contribution is 2.33. The molecule has 8 heteroatoms. The largest absolute Gasteiger partial charge is 0.479 e. The zero-order valence-corrected chi connectivity index (χ0v) is 14.2. The van der Waals surface area contributed by atoms with Gasteiger partial charge in [0.15, 0.2) is 6.04 Å². The lowest BCUT2D eigenvalue weighted by atomic mass is 9.82. The Morgan fingerprint density at radius 1 is 1.15 bits per heavy atom. The molecule has 1 spiro atoms. The van der Waals surface area contributed by atoms with Crippen molar-refractivity contribution in [3.05, 3.63) is 35.9 Å². The molecular formula is C18H21N3O5. The third kappa shape index (κ3) is 3.40. The number of carboxylic acids is 1. The minimum Gasteiger partial charge on any atom is -0.479 e. The molecule has 1 saturated heterocycles. The van der Waals surface area contributed by atoms with Crippen LogP contribution in [0, 0.1) is 0 Å². The van der Waals surface area contributed by atoms with Gasteiger partial charge in [-0.3, -0.25) is 14.5 Å². The van der Waals surface area contributed by atoms with Gasteiger partial charge in [-0.15, -0.1) is 0 Å². The van der Waals surface area contributed by atoms with Gasteiger partial charge in [0.1, 0.15) is 12.1 Å². The predicted octanol–water partition coefficient (Wildman–Crippen LogP) is 1.18. The molecule has 8 nitrogen and oxygen atoms in total. The van der Waals surface area contributed by atoms with Crippen LogP contribution in [-0.2, 0) is 14.4 Å². The van der Waals surface area contributed by atoms with E-state index in [9.17, 15) is 24.3 Å². The van der Waals surface area contributed by atoms with Gasteiger partial charge in [-0.05, 0) is 18.4 Å². The summed E-state index contributed by atoms with van der Waals surface area (Å²) in [5, 5.41) is 14.5. The van der Waals surface area contributed by atoms with Crippen molar-refractivity contribution in [3.8, 4) is 0 Å². The minimum atomic E-state index is -1.24. The topological polar surface area (TPSA) is 116 Å². The lowest BCUT2D eigenvalue weighted by Gasteiger charge is -2.30. The van der Waals surface area contributed by atoms with Crippen LogP contribution in [-0.4, -0.2) is 45.9 Å². The highest BCUT2D eigenvalue weighted by molar-refractivity contribution is 6.09. The maximum atomic E-state index is 12.7. The predicted molar refractivity (Wildman–Crippen MR) is 91.0 cm³/mol. The number of benzene rings is 1. The van der Waals surface area contributed by atoms with Crippen molar-refractivity contribution in [2.24, 2.45) is 0 Å². The smallest absolute Gasteiger partial charge is 0.330 e. The minimum absolute atomic E-state index is 0.399. The third-order valence-corrected chi connectivity index (χ3v) is 4.94. The second kappa shape index (κ2) is 7.15. The van der Waals surface area contributed by atoms with E-state index in [1.807, 2.05) is 0 Å². The summed E-state index contributed by atoms with van der Waals surface area (Å²) in [5.74, 6) is -2.31. The van der Waals surface area contributed by atoms with Crippen LogP contribution in [0.2, 0.25) is 0 Å². The van der Waals surface area contributed by atoms with E-state index in [2.05, 4.69) is 10.6 Å². The molecule has 3 rings (SSSR count). The van der Waals surface area contributed by atoms with Crippen LogP contribution in [0.1, 0.15) is 43.7 Å². The van der Waals surface area contributed by atoms with E-state index in [0.29, 0.717) is 18.4 Å². The average molecular weight is 359 g/mol. The van der Waals surface area contributed by atoms with E-state index in [0.717, 1.165) is 24.2 Å². The molecule has 4 amide bonds. The van der Waals surface area contributed by atoms with Crippen molar-refractivity contribution in [2.45, 2.75) is 43.7 Å². The molecule has 1 aliphatic heterocycles. The number of imide groups is 1. The van der Waals surface area contributed by atoms with Crippen molar-refractivity contribution < 1.29 is 24.3 Å². The van der Waals surface area contributed by atoms with Gasteiger partial charge in [-0.1, -0.05) is 49.6 Å². The zero-order chi connectivity index (χ0) is 18.7. The average Bonchev–Trinajstić information content (AvgIpc) is 2.85. The highest BCUT2D eigenvalue weighted by Gasteiger charge is 2.51. The molecule has 2 aliphatic rings. The summed E-state index contributed by atoms with van der Waals surface area (Å²) in [7, 11) is 0. The number of aliphatic carboxylic acids is 1. The van der Waals surface area contributed by atoms with Gasteiger partial charge < -0.3 is 15.7 Å². The van der Waals surface area contributed by atoms with Gasteiger partial charge in [0.25, 0.3) is 5.91 Å². The molecular weight excluding hydrogens is 338 g/mol. The fourth-order valence-electron chi connectivity index (χ4n) is 3.60. The van der Waals surface area contributed by atoms with Crippen LogP contribution in [0.5, 0.6) is 0 Å². The summed E-state index contributed by atoms with van der Waals surface area (Å²) in [5.41, 5.74) is -0.490. The van der Waals surface area contributed by atoms with Crippen LogP contribution in [0.4, 0.5) is 4.79 Å². The fourth-order valence-corrected chi connectivity index (χ4v) is 3.60. The number of carbonyl (C=O) groups is 4. The van der Waals surface area contributed by atoms with Crippen LogP contribution in [0.3, 0.4) is 0 Å². The van der Waals surface area contributed by atoms with E-state index in [1.165, 1.54) is 0 Å². The molecule has 1 aliphatic carbocycles. The van der Waals surface area contributed by atoms with E-state index in [1.54, 1.807) is 30.3 Å². The lowest BCUT2D eigenvalue weighted by molar-refractivity contribution is -0.142. The van der Waals surface area contributed by atoms with Crippen LogP contribution in [0.25, 0.3) is 0 Å².